The van der Waals surface area contributed by atoms with Crippen LogP contribution in [0.1, 0.15) is 12.0 Å². The molecule has 0 fully saturated rings. The lowest BCUT2D eigenvalue weighted by Gasteiger charge is -2.04. The molecule has 3 N–H and O–H groups in total. The molecule has 0 saturated carbocycles. The highest BCUT2D eigenvalue weighted by molar-refractivity contribution is 5.31. The third-order valence-corrected chi connectivity index (χ3v) is 1.80. The maximum absolute atomic E-state index is 13.1. The molecule has 1 aromatic carbocycles. The number of aromatic hydroxyl groups is 1. The second kappa shape index (κ2) is 4.18. The van der Waals surface area contributed by atoms with Gasteiger partial charge in [-0.3, -0.25) is 0 Å². The van der Waals surface area contributed by atoms with E-state index in [0.29, 0.717) is 24.9 Å². The lowest BCUT2D eigenvalue weighted by atomic mass is 10.1. The minimum atomic E-state index is -0.936. The number of hydrogen-bond donors (Lipinski definition) is 2. The zero-order valence-electron chi connectivity index (χ0n) is 7.06. The van der Waals surface area contributed by atoms with Gasteiger partial charge in [0.05, 0.1) is 0 Å². The van der Waals surface area contributed by atoms with Gasteiger partial charge in [-0.15, -0.1) is 0 Å². The highest BCUT2D eigenvalue weighted by atomic mass is 19.1. The van der Waals surface area contributed by atoms with E-state index in [1.165, 1.54) is 6.07 Å². The summed E-state index contributed by atoms with van der Waals surface area (Å²) in [7, 11) is 0. The van der Waals surface area contributed by atoms with Gasteiger partial charge in [0.15, 0.2) is 17.4 Å². The van der Waals surface area contributed by atoms with Crippen LogP contribution < -0.4 is 5.73 Å². The van der Waals surface area contributed by atoms with E-state index in [2.05, 4.69) is 0 Å². The van der Waals surface area contributed by atoms with Crippen molar-refractivity contribution in [3.8, 4) is 5.75 Å². The molecule has 0 unspecified atom stereocenters. The Bertz CT molecular complexity index is 302. The van der Waals surface area contributed by atoms with E-state index in [0.717, 1.165) is 6.07 Å². The SMILES string of the molecule is NCCCc1ccc(F)c(O)c1F. The standard InChI is InChI=1S/C9H11F2NO/c10-7-4-3-6(2-1-5-12)8(11)9(7)13/h3-4,13H,1-2,5,12H2. The van der Waals surface area contributed by atoms with Crippen molar-refractivity contribution in [2.75, 3.05) is 6.54 Å². The van der Waals surface area contributed by atoms with Crippen LogP contribution in [0.3, 0.4) is 0 Å². The molecule has 2 nitrogen and oxygen atoms in total. The highest BCUT2D eigenvalue weighted by Gasteiger charge is 2.11. The van der Waals surface area contributed by atoms with Crippen molar-refractivity contribution >= 4 is 0 Å². The largest absolute Gasteiger partial charge is 0.503 e. The van der Waals surface area contributed by atoms with Crippen molar-refractivity contribution < 1.29 is 13.9 Å². The Kier molecular flexibility index (Phi) is 3.19. The van der Waals surface area contributed by atoms with Crippen molar-refractivity contribution in [2.45, 2.75) is 12.8 Å². The first-order valence-corrected chi connectivity index (χ1v) is 4.02. The van der Waals surface area contributed by atoms with E-state index in [1.54, 1.807) is 0 Å². The Hall–Kier alpha value is -1.16. The number of hydrogen-bond acceptors (Lipinski definition) is 2. The molecule has 1 rings (SSSR count). The Balaban J connectivity index is 2.90. The van der Waals surface area contributed by atoms with Gasteiger partial charge in [-0.1, -0.05) is 6.07 Å². The second-order valence-corrected chi connectivity index (χ2v) is 2.76. The minimum Gasteiger partial charge on any atom is -0.503 e. The van der Waals surface area contributed by atoms with Crippen molar-refractivity contribution in [3.05, 3.63) is 29.3 Å². The molecule has 13 heavy (non-hydrogen) atoms. The zero-order chi connectivity index (χ0) is 9.84. The second-order valence-electron chi connectivity index (χ2n) is 2.76. The molecule has 0 atom stereocenters. The summed E-state index contributed by atoms with van der Waals surface area (Å²) >= 11 is 0. The average Bonchev–Trinajstić information content (AvgIpc) is 2.13. The third-order valence-electron chi connectivity index (χ3n) is 1.80. The van der Waals surface area contributed by atoms with Gasteiger partial charge in [-0.25, -0.2) is 8.78 Å². The first-order chi connectivity index (χ1) is 6.16. The fraction of sp³-hybridized carbons (Fsp3) is 0.333. The van der Waals surface area contributed by atoms with Crippen LogP contribution in [0.5, 0.6) is 5.75 Å². The minimum absolute atomic E-state index is 0.296. The van der Waals surface area contributed by atoms with E-state index in [9.17, 15) is 8.78 Å². The molecular weight excluding hydrogens is 176 g/mol. The van der Waals surface area contributed by atoms with Gasteiger partial charge in [0.25, 0.3) is 0 Å². The zero-order valence-corrected chi connectivity index (χ0v) is 7.06. The van der Waals surface area contributed by atoms with Crippen LogP contribution in [0.25, 0.3) is 0 Å². The van der Waals surface area contributed by atoms with Crippen LogP contribution in [0.15, 0.2) is 12.1 Å². The molecule has 0 radical (unpaired) electrons. The molecule has 0 aliphatic heterocycles. The monoisotopic (exact) mass is 187 g/mol. The summed E-state index contributed by atoms with van der Waals surface area (Å²) in [6.07, 6.45) is 1.03. The fourth-order valence-electron chi connectivity index (χ4n) is 1.07. The maximum atomic E-state index is 13.1. The number of rotatable bonds is 3. The van der Waals surface area contributed by atoms with E-state index in [-0.39, 0.29) is 0 Å². The molecule has 0 aliphatic rings. The van der Waals surface area contributed by atoms with E-state index < -0.39 is 17.4 Å². The summed E-state index contributed by atoms with van der Waals surface area (Å²) in [4.78, 5) is 0. The van der Waals surface area contributed by atoms with Crippen molar-refractivity contribution in [1.82, 2.24) is 0 Å². The number of halogens is 2. The first-order valence-electron chi connectivity index (χ1n) is 4.02. The molecular formula is C9H11F2NO. The van der Waals surface area contributed by atoms with Gasteiger partial charge in [0.1, 0.15) is 0 Å². The first kappa shape index (κ1) is 9.92. The summed E-state index contributed by atoms with van der Waals surface area (Å²) in [5, 5.41) is 8.91. The van der Waals surface area contributed by atoms with Gasteiger partial charge in [0, 0.05) is 0 Å². The predicted octanol–water partition coefficient (Wildman–Crippen LogP) is 1.56. The van der Waals surface area contributed by atoms with Crippen LogP contribution >= 0.6 is 0 Å². The molecule has 72 valence electrons. The van der Waals surface area contributed by atoms with Crippen LogP contribution in [0.2, 0.25) is 0 Å². The summed E-state index contributed by atoms with van der Waals surface area (Å²) in [6, 6.07) is 2.37. The number of phenolic OH excluding ortho intramolecular Hbond substituents is 1. The molecule has 0 heterocycles. The van der Waals surface area contributed by atoms with Crippen LogP contribution in [0.4, 0.5) is 8.78 Å². The summed E-state index contributed by atoms with van der Waals surface area (Å²) in [6.45, 7) is 0.442. The molecule has 0 saturated heterocycles. The van der Waals surface area contributed by atoms with Crippen LogP contribution in [-0.2, 0) is 6.42 Å². The van der Waals surface area contributed by atoms with Gasteiger partial charge < -0.3 is 10.8 Å². The fourth-order valence-corrected chi connectivity index (χ4v) is 1.07. The maximum Gasteiger partial charge on any atom is 0.188 e. The highest BCUT2D eigenvalue weighted by Crippen LogP contribution is 2.23. The van der Waals surface area contributed by atoms with Crippen molar-refractivity contribution in [1.29, 1.82) is 0 Å². The van der Waals surface area contributed by atoms with E-state index in [1.807, 2.05) is 0 Å². The van der Waals surface area contributed by atoms with Crippen LogP contribution in [0, 0.1) is 11.6 Å². The number of benzene rings is 1. The molecule has 0 amide bonds. The van der Waals surface area contributed by atoms with E-state index >= 15 is 0 Å². The molecule has 0 bridgehead atoms. The topological polar surface area (TPSA) is 46.2 Å². The van der Waals surface area contributed by atoms with Gasteiger partial charge >= 0.3 is 0 Å². The van der Waals surface area contributed by atoms with Crippen molar-refractivity contribution in [3.63, 3.8) is 0 Å². The Morgan fingerprint density at radius 2 is 2.00 bits per heavy atom. The predicted molar refractivity (Wildman–Crippen MR) is 45.4 cm³/mol. The number of aryl methyl sites for hydroxylation is 1. The summed E-state index contributed by atoms with van der Waals surface area (Å²) in [5.74, 6) is -2.73. The quantitative estimate of drug-likeness (QED) is 0.754. The van der Waals surface area contributed by atoms with Gasteiger partial charge in [0.2, 0.25) is 0 Å². The van der Waals surface area contributed by atoms with Crippen LogP contribution in [-0.4, -0.2) is 11.7 Å². The van der Waals surface area contributed by atoms with Gasteiger partial charge in [-0.2, -0.15) is 0 Å². The molecule has 0 spiro atoms. The Morgan fingerprint density at radius 1 is 1.31 bits per heavy atom. The molecule has 1 aromatic rings. The Labute approximate surface area is 75.0 Å². The van der Waals surface area contributed by atoms with Gasteiger partial charge in [-0.05, 0) is 31.0 Å². The summed E-state index contributed by atoms with van der Waals surface area (Å²) in [5.41, 5.74) is 5.53. The number of phenols is 1. The molecule has 0 aromatic heterocycles. The summed E-state index contributed by atoms with van der Waals surface area (Å²) < 4.78 is 25.6. The Morgan fingerprint density at radius 3 is 2.62 bits per heavy atom. The van der Waals surface area contributed by atoms with Crippen molar-refractivity contribution in [2.24, 2.45) is 5.73 Å². The number of nitrogens with two attached hydrogens (primary N) is 1. The molecule has 0 aliphatic carbocycles. The smallest absolute Gasteiger partial charge is 0.188 e. The van der Waals surface area contributed by atoms with E-state index in [4.69, 9.17) is 10.8 Å². The lowest BCUT2D eigenvalue weighted by Crippen LogP contribution is -2.02. The molecule has 4 heteroatoms. The third kappa shape index (κ3) is 2.15. The average molecular weight is 187 g/mol. The lowest BCUT2D eigenvalue weighted by molar-refractivity contribution is 0.392. The normalized spacial score (nSPS) is 10.4.